The summed E-state index contributed by atoms with van der Waals surface area (Å²) < 4.78 is 2.07. The second-order valence-electron chi connectivity index (χ2n) is 6.10. The summed E-state index contributed by atoms with van der Waals surface area (Å²) in [6, 6.07) is 3.96. The molecule has 0 radical (unpaired) electrons. The molecule has 23 heavy (non-hydrogen) atoms. The van der Waals surface area contributed by atoms with E-state index in [9.17, 15) is 4.79 Å². The van der Waals surface area contributed by atoms with Crippen molar-refractivity contribution in [1.29, 1.82) is 0 Å². The molecule has 1 atom stereocenters. The van der Waals surface area contributed by atoms with Crippen molar-refractivity contribution in [3.05, 3.63) is 17.7 Å². The Kier molecular flexibility index (Phi) is 4.02. The maximum atomic E-state index is 10.9. The number of nitrogens with one attached hydrogen (secondary N) is 1. The first kappa shape index (κ1) is 15.5. The highest BCUT2D eigenvalue weighted by molar-refractivity contribution is 5.83. The summed E-state index contributed by atoms with van der Waals surface area (Å²) >= 11 is 0. The Bertz CT molecular complexity index is 740. The molecule has 1 amide bonds. The van der Waals surface area contributed by atoms with Crippen molar-refractivity contribution < 1.29 is 9.90 Å². The zero-order chi connectivity index (χ0) is 16.6. The molecule has 3 rings (SSSR count). The van der Waals surface area contributed by atoms with Gasteiger partial charge in [-0.15, -0.1) is 0 Å². The number of nitrogen functional groups attached to an aromatic ring is 1. The van der Waals surface area contributed by atoms with Crippen LogP contribution in [0.3, 0.4) is 0 Å². The number of carbonyl (C=O) groups is 1. The maximum Gasteiger partial charge on any atom is 0.404 e. The van der Waals surface area contributed by atoms with E-state index in [0.717, 1.165) is 54.0 Å². The van der Waals surface area contributed by atoms with Crippen molar-refractivity contribution in [2.45, 2.75) is 32.2 Å². The number of rotatable bonds is 3. The van der Waals surface area contributed by atoms with Crippen molar-refractivity contribution in [2.24, 2.45) is 7.05 Å². The van der Waals surface area contributed by atoms with Gasteiger partial charge in [0.05, 0.1) is 11.0 Å². The number of nitrogens with zero attached hydrogens (tertiary/aromatic N) is 3. The average molecular weight is 317 g/mol. The van der Waals surface area contributed by atoms with Gasteiger partial charge in [0.15, 0.2) is 0 Å². The monoisotopic (exact) mass is 317 g/mol. The van der Waals surface area contributed by atoms with Crippen molar-refractivity contribution in [2.75, 3.05) is 23.7 Å². The van der Waals surface area contributed by atoms with Crippen LogP contribution in [0.25, 0.3) is 11.0 Å². The Labute approximate surface area is 135 Å². The van der Waals surface area contributed by atoms with Crippen molar-refractivity contribution in [3.63, 3.8) is 0 Å². The number of fused-ring (bicyclic) bond motifs is 1. The highest BCUT2D eigenvalue weighted by Crippen LogP contribution is 2.27. The van der Waals surface area contributed by atoms with Crippen LogP contribution < -0.4 is 16.0 Å². The van der Waals surface area contributed by atoms with E-state index < -0.39 is 6.09 Å². The highest BCUT2D eigenvalue weighted by Gasteiger charge is 2.24. The number of piperidine rings is 1. The van der Waals surface area contributed by atoms with E-state index in [1.807, 2.05) is 13.1 Å². The lowest BCUT2D eigenvalue weighted by molar-refractivity contribution is 0.188. The number of hydrogen-bond acceptors (Lipinski definition) is 4. The van der Waals surface area contributed by atoms with E-state index in [2.05, 4.69) is 27.8 Å². The normalized spacial score (nSPS) is 18.3. The number of carboxylic acid groups (broad SMARTS) is 1. The predicted octanol–water partition coefficient (Wildman–Crippen LogP) is 1.95. The van der Waals surface area contributed by atoms with E-state index >= 15 is 0 Å². The molecular weight excluding hydrogens is 294 g/mol. The topological polar surface area (TPSA) is 96.4 Å². The molecule has 7 nitrogen and oxygen atoms in total. The number of aromatic nitrogens is 2. The van der Waals surface area contributed by atoms with E-state index in [0.29, 0.717) is 6.54 Å². The summed E-state index contributed by atoms with van der Waals surface area (Å²) in [6.45, 7) is 3.60. The van der Waals surface area contributed by atoms with Gasteiger partial charge in [0.1, 0.15) is 0 Å². The summed E-state index contributed by atoms with van der Waals surface area (Å²) in [4.78, 5) is 17.7. The molecule has 1 aromatic heterocycles. The third-order valence-electron chi connectivity index (χ3n) is 4.53. The average Bonchev–Trinajstić information content (AvgIpc) is 2.82. The molecule has 1 fully saturated rings. The number of anilines is 2. The first-order valence-electron chi connectivity index (χ1n) is 7.98. The van der Waals surface area contributed by atoms with Gasteiger partial charge >= 0.3 is 6.09 Å². The lowest BCUT2D eigenvalue weighted by Gasteiger charge is -2.33. The number of aryl methyl sites for hydroxylation is 2. The molecular formula is C16H23N5O2. The van der Waals surface area contributed by atoms with Gasteiger partial charge in [-0.25, -0.2) is 9.78 Å². The summed E-state index contributed by atoms with van der Waals surface area (Å²) in [5.41, 5.74) is 9.90. The van der Waals surface area contributed by atoms with Gasteiger partial charge < -0.3 is 25.6 Å². The largest absolute Gasteiger partial charge is 0.465 e. The van der Waals surface area contributed by atoms with Crippen LogP contribution in [0.5, 0.6) is 0 Å². The van der Waals surface area contributed by atoms with Crippen LogP contribution in [-0.2, 0) is 13.5 Å². The smallest absolute Gasteiger partial charge is 0.404 e. The standard InChI is InChI=1S/C16H23N5O2/c1-3-10-7-14-13(8-12(10)17)19-15(20(14)2)21-6-4-5-11(9-21)18-16(22)23/h7-8,11,18H,3-6,9,17H2,1-2H3,(H,22,23)/t11-/m1/s1. The molecule has 2 aromatic rings. The van der Waals surface area contributed by atoms with Crippen molar-refractivity contribution >= 4 is 28.8 Å². The van der Waals surface area contributed by atoms with Gasteiger partial charge in [0.25, 0.3) is 0 Å². The molecule has 0 bridgehead atoms. The molecule has 0 unspecified atom stereocenters. The van der Waals surface area contributed by atoms with Gasteiger partial charge in [-0.3, -0.25) is 0 Å². The molecule has 0 aliphatic carbocycles. The van der Waals surface area contributed by atoms with E-state index in [1.54, 1.807) is 0 Å². The predicted molar refractivity (Wildman–Crippen MR) is 90.9 cm³/mol. The number of benzene rings is 1. The van der Waals surface area contributed by atoms with Crippen LogP contribution in [0.1, 0.15) is 25.3 Å². The van der Waals surface area contributed by atoms with Crippen LogP contribution in [0.4, 0.5) is 16.4 Å². The Hall–Kier alpha value is -2.44. The van der Waals surface area contributed by atoms with Crippen LogP contribution in [-0.4, -0.2) is 39.9 Å². The highest BCUT2D eigenvalue weighted by atomic mass is 16.4. The molecule has 2 heterocycles. The second kappa shape index (κ2) is 5.98. The van der Waals surface area contributed by atoms with Crippen LogP contribution in [0.2, 0.25) is 0 Å². The summed E-state index contributed by atoms with van der Waals surface area (Å²) in [7, 11) is 1.99. The van der Waals surface area contributed by atoms with Crippen LogP contribution >= 0.6 is 0 Å². The minimum atomic E-state index is -0.970. The van der Waals surface area contributed by atoms with E-state index in [-0.39, 0.29) is 6.04 Å². The SMILES string of the molecule is CCc1cc2c(cc1N)nc(N1CCC[C@@H](NC(=O)O)C1)n2C. The van der Waals surface area contributed by atoms with Gasteiger partial charge in [0.2, 0.25) is 5.95 Å². The van der Waals surface area contributed by atoms with Gasteiger partial charge in [-0.05, 0) is 37.0 Å². The molecule has 1 aliphatic rings. The lowest BCUT2D eigenvalue weighted by Crippen LogP contribution is -2.48. The summed E-state index contributed by atoms with van der Waals surface area (Å²) in [5.74, 6) is 0.865. The molecule has 7 heteroatoms. The van der Waals surface area contributed by atoms with Gasteiger partial charge in [0, 0.05) is 31.9 Å². The third kappa shape index (κ3) is 2.91. The Morgan fingerprint density at radius 3 is 3.00 bits per heavy atom. The fourth-order valence-corrected chi connectivity index (χ4v) is 3.33. The first-order chi connectivity index (χ1) is 11.0. The summed E-state index contributed by atoms with van der Waals surface area (Å²) in [6.07, 6.45) is 1.72. The number of nitrogens with two attached hydrogens (primary N) is 1. The number of amides is 1. The quantitative estimate of drug-likeness (QED) is 0.752. The van der Waals surface area contributed by atoms with E-state index in [4.69, 9.17) is 15.8 Å². The Morgan fingerprint density at radius 2 is 2.30 bits per heavy atom. The molecule has 1 saturated heterocycles. The van der Waals surface area contributed by atoms with Crippen molar-refractivity contribution in [1.82, 2.24) is 14.9 Å². The molecule has 0 saturated carbocycles. The molecule has 4 N–H and O–H groups in total. The van der Waals surface area contributed by atoms with Gasteiger partial charge in [-0.2, -0.15) is 0 Å². The Morgan fingerprint density at radius 1 is 1.52 bits per heavy atom. The third-order valence-corrected chi connectivity index (χ3v) is 4.53. The van der Waals surface area contributed by atoms with Gasteiger partial charge in [-0.1, -0.05) is 6.92 Å². The number of imidazole rings is 1. The molecule has 0 spiro atoms. The Balaban J connectivity index is 1.93. The first-order valence-corrected chi connectivity index (χ1v) is 7.98. The molecule has 1 aromatic carbocycles. The minimum absolute atomic E-state index is 0.0580. The number of hydrogen-bond donors (Lipinski definition) is 3. The van der Waals surface area contributed by atoms with Crippen LogP contribution in [0.15, 0.2) is 12.1 Å². The minimum Gasteiger partial charge on any atom is -0.465 e. The molecule has 124 valence electrons. The molecule has 1 aliphatic heterocycles. The fraction of sp³-hybridized carbons (Fsp3) is 0.500. The van der Waals surface area contributed by atoms with Crippen molar-refractivity contribution in [3.8, 4) is 0 Å². The van der Waals surface area contributed by atoms with Crippen LogP contribution in [0, 0.1) is 0 Å². The second-order valence-corrected chi connectivity index (χ2v) is 6.10. The zero-order valence-corrected chi connectivity index (χ0v) is 13.5. The fourth-order valence-electron chi connectivity index (χ4n) is 3.33. The summed E-state index contributed by atoms with van der Waals surface area (Å²) in [5, 5.41) is 11.5. The maximum absolute atomic E-state index is 10.9. The zero-order valence-electron chi connectivity index (χ0n) is 13.5. The van der Waals surface area contributed by atoms with E-state index in [1.165, 1.54) is 0 Å². The lowest BCUT2D eigenvalue weighted by atomic mass is 10.1.